The Kier molecular flexibility index (Phi) is 5.13. The summed E-state index contributed by atoms with van der Waals surface area (Å²) >= 11 is 5.53. The van der Waals surface area contributed by atoms with Gasteiger partial charge in [-0.2, -0.15) is 4.68 Å². The number of likely N-dealkylation sites (tertiary alicyclic amines) is 1. The van der Waals surface area contributed by atoms with Crippen LogP contribution in [0.1, 0.15) is 25.6 Å². The lowest BCUT2D eigenvalue weighted by Crippen LogP contribution is -3.12. The van der Waals surface area contributed by atoms with E-state index in [4.69, 9.17) is 17.0 Å². The Morgan fingerprint density at radius 3 is 2.65 bits per heavy atom. The Balaban J connectivity index is 1.65. The molecule has 0 amide bonds. The summed E-state index contributed by atoms with van der Waals surface area (Å²) in [5.74, 6) is 2.57. The molecule has 0 saturated carbocycles. The summed E-state index contributed by atoms with van der Waals surface area (Å²) in [6.45, 7) is 6.03. The van der Waals surface area contributed by atoms with Gasteiger partial charge in [0, 0.05) is 7.05 Å². The predicted molar refractivity (Wildman–Crippen MR) is 91.9 cm³/mol. The number of quaternary nitrogens is 1. The zero-order chi connectivity index (χ0) is 16.2. The molecule has 5 nitrogen and oxygen atoms in total. The van der Waals surface area contributed by atoms with Crippen LogP contribution < -0.4 is 9.64 Å². The second-order valence-corrected chi connectivity index (χ2v) is 6.81. The van der Waals surface area contributed by atoms with Gasteiger partial charge in [0.2, 0.25) is 4.77 Å². The highest BCUT2D eigenvalue weighted by atomic mass is 32.1. The lowest BCUT2D eigenvalue weighted by Gasteiger charge is -2.26. The Hall–Kier alpha value is -1.66. The van der Waals surface area contributed by atoms with Gasteiger partial charge >= 0.3 is 0 Å². The molecule has 1 aliphatic heterocycles. The number of nitrogens with zero attached hydrogens (tertiary/aromatic N) is 3. The standard InChI is InChI=1S/C17H24N4OS/c1-14-8-10-20(11-9-14)13-21-17(23)19(2)16(18-21)12-22-15-6-4-3-5-7-15/h3-7,14H,8-13H2,1-2H3/p+1. The maximum atomic E-state index is 5.80. The Bertz CT molecular complexity index is 686. The van der Waals surface area contributed by atoms with Gasteiger partial charge in [-0.1, -0.05) is 25.1 Å². The van der Waals surface area contributed by atoms with Crippen molar-refractivity contribution < 1.29 is 9.64 Å². The van der Waals surface area contributed by atoms with Crippen LogP contribution >= 0.6 is 12.2 Å². The molecule has 0 spiro atoms. The van der Waals surface area contributed by atoms with Crippen molar-refractivity contribution in [3.05, 3.63) is 40.9 Å². The van der Waals surface area contributed by atoms with Gasteiger partial charge in [-0.3, -0.25) is 0 Å². The molecule has 1 aromatic carbocycles. The fourth-order valence-electron chi connectivity index (χ4n) is 2.97. The van der Waals surface area contributed by atoms with E-state index < -0.39 is 0 Å². The monoisotopic (exact) mass is 333 g/mol. The first kappa shape index (κ1) is 16.2. The summed E-state index contributed by atoms with van der Waals surface area (Å²) in [4.78, 5) is 1.56. The maximum absolute atomic E-state index is 5.80. The van der Waals surface area contributed by atoms with Crippen LogP contribution in [0.3, 0.4) is 0 Å². The largest absolute Gasteiger partial charge is 0.486 e. The normalized spacial score (nSPS) is 21.3. The zero-order valence-electron chi connectivity index (χ0n) is 13.9. The van der Waals surface area contributed by atoms with Crippen LogP contribution in [0.25, 0.3) is 0 Å². The van der Waals surface area contributed by atoms with E-state index in [1.807, 2.05) is 46.6 Å². The average Bonchev–Trinajstić information content (AvgIpc) is 2.84. The third-order valence-electron chi connectivity index (χ3n) is 4.60. The quantitative estimate of drug-likeness (QED) is 0.848. The van der Waals surface area contributed by atoms with Crippen LogP contribution in [0, 0.1) is 10.7 Å². The summed E-state index contributed by atoms with van der Waals surface area (Å²) in [5.41, 5.74) is 0. The highest BCUT2D eigenvalue weighted by Crippen LogP contribution is 2.11. The van der Waals surface area contributed by atoms with E-state index in [9.17, 15) is 0 Å². The molecule has 0 atom stereocenters. The summed E-state index contributed by atoms with van der Waals surface area (Å²) in [7, 11) is 1.96. The van der Waals surface area contributed by atoms with E-state index in [0.717, 1.165) is 28.9 Å². The smallest absolute Gasteiger partial charge is 0.202 e. The molecule has 0 radical (unpaired) electrons. The summed E-state index contributed by atoms with van der Waals surface area (Å²) < 4.78 is 10.5. The van der Waals surface area contributed by atoms with E-state index in [0.29, 0.717) is 6.61 Å². The first-order valence-electron chi connectivity index (χ1n) is 8.27. The molecule has 6 heteroatoms. The molecule has 0 bridgehead atoms. The van der Waals surface area contributed by atoms with E-state index in [-0.39, 0.29) is 0 Å². The molecule has 0 unspecified atom stereocenters. The number of aromatic nitrogens is 3. The van der Waals surface area contributed by atoms with E-state index in [1.165, 1.54) is 25.9 Å². The number of ether oxygens (including phenoxy) is 1. The highest BCUT2D eigenvalue weighted by molar-refractivity contribution is 7.71. The number of rotatable bonds is 5. The molecule has 124 valence electrons. The molecule has 1 N–H and O–H groups in total. The molecule has 2 aromatic rings. The molecule has 1 saturated heterocycles. The van der Waals surface area contributed by atoms with Gasteiger partial charge in [-0.15, -0.1) is 5.10 Å². The first-order chi connectivity index (χ1) is 11.1. The number of hydrogen-bond acceptors (Lipinski definition) is 3. The third-order valence-corrected chi connectivity index (χ3v) is 5.08. The van der Waals surface area contributed by atoms with Crippen molar-refractivity contribution in [3.63, 3.8) is 0 Å². The van der Waals surface area contributed by atoms with Crippen LogP contribution in [0.5, 0.6) is 5.75 Å². The van der Waals surface area contributed by atoms with Crippen molar-refractivity contribution in [1.29, 1.82) is 0 Å². The molecule has 0 aliphatic carbocycles. The molecule has 3 rings (SSSR count). The summed E-state index contributed by atoms with van der Waals surface area (Å²) in [6, 6.07) is 9.81. The van der Waals surface area contributed by atoms with Gasteiger partial charge in [-0.05, 0) is 43.1 Å². The molecule has 1 fully saturated rings. The topological polar surface area (TPSA) is 36.4 Å². The van der Waals surface area contributed by atoms with Crippen molar-refractivity contribution in [2.75, 3.05) is 13.1 Å². The fourth-order valence-corrected chi connectivity index (χ4v) is 3.18. The minimum Gasteiger partial charge on any atom is -0.486 e. The molecule has 2 heterocycles. The highest BCUT2D eigenvalue weighted by Gasteiger charge is 2.20. The Labute approximate surface area is 142 Å². The second kappa shape index (κ2) is 7.27. The second-order valence-electron chi connectivity index (χ2n) is 6.45. The molecular weight excluding hydrogens is 308 g/mol. The van der Waals surface area contributed by atoms with Crippen LogP contribution in [0.2, 0.25) is 0 Å². The minimum atomic E-state index is 0.434. The number of para-hydroxylation sites is 1. The zero-order valence-corrected chi connectivity index (χ0v) is 14.7. The van der Waals surface area contributed by atoms with E-state index >= 15 is 0 Å². The van der Waals surface area contributed by atoms with Crippen LogP contribution in [0.15, 0.2) is 30.3 Å². The molecular formula is C17H25N4OS+. The lowest BCUT2D eigenvalue weighted by molar-refractivity contribution is -0.929. The van der Waals surface area contributed by atoms with Gasteiger partial charge in [0.15, 0.2) is 12.5 Å². The molecule has 1 aliphatic rings. The third kappa shape index (κ3) is 4.00. The van der Waals surface area contributed by atoms with Crippen molar-refractivity contribution in [2.45, 2.75) is 33.0 Å². The average molecular weight is 333 g/mol. The Morgan fingerprint density at radius 1 is 1.26 bits per heavy atom. The van der Waals surface area contributed by atoms with E-state index in [2.05, 4.69) is 12.0 Å². The number of hydrogen-bond donors (Lipinski definition) is 1. The minimum absolute atomic E-state index is 0.434. The SMILES string of the molecule is CC1CC[NH+](Cn2nc(COc3ccccc3)n(C)c2=S)CC1. The van der Waals surface area contributed by atoms with Gasteiger partial charge < -0.3 is 14.2 Å². The molecule has 23 heavy (non-hydrogen) atoms. The van der Waals surface area contributed by atoms with Crippen molar-refractivity contribution >= 4 is 12.2 Å². The predicted octanol–water partition coefficient (Wildman–Crippen LogP) is 1.80. The Morgan fingerprint density at radius 2 is 1.96 bits per heavy atom. The van der Waals surface area contributed by atoms with Gasteiger partial charge in [-0.25, -0.2) is 0 Å². The maximum Gasteiger partial charge on any atom is 0.202 e. The van der Waals surface area contributed by atoms with Crippen molar-refractivity contribution in [3.8, 4) is 5.75 Å². The van der Waals surface area contributed by atoms with Crippen LogP contribution in [0.4, 0.5) is 0 Å². The molecule has 1 aromatic heterocycles. The fraction of sp³-hybridized carbons (Fsp3) is 0.529. The van der Waals surface area contributed by atoms with Gasteiger partial charge in [0.05, 0.1) is 13.1 Å². The van der Waals surface area contributed by atoms with Gasteiger partial charge in [0.25, 0.3) is 0 Å². The first-order valence-corrected chi connectivity index (χ1v) is 8.68. The van der Waals surface area contributed by atoms with Gasteiger partial charge in [0.1, 0.15) is 12.4 Å². The number of nitrogens with one attached hydrogen (secondary N) is 1. The number of benzene rings is 1. The summed E-state index contributed by atoms with van der Waals surface area (Å²) in [6.07, 6.45) is 2.58. The summed E-state index contributed by atoms with van der Waals surface area (Å²) in [5, 5.41) is 4.67. The van der Waals surface area contributed by atoms with Crippen LogP contribution in [-0.2, 0) is 20.3 Å². The van der Waals surface area contributed by atoms with Crippen molar-refractivity contribution in [2.24, 2.45) is 13.0 Å². The lowest BCUT2D eigenvalue weighted by atomic mass is 10.00. The van der Waals surface area contributed by atoms with Crippen LogP contribution in [-0.4, -0.2) is 27.4 Å². The van der Waals surface area contributed by atoms with E-state index in [1.54, 1.807) is 4.90 Å². The van der Waals surface area contributed by atoms with Crippen molar-refractivity contribution in [1.82, 2.24) is 14.3 Å². The number of piperidine rings is 1.